The number of aliphatic hydroxyl groups is 3. The lowest BCUT2D eigenvalue weighted by molar-refractivity contribution is -0.280. The minimum atomic E-state index is -1.17. The van der Waals surface area contributed by atoms with Gasteiger partial charge in [0, 0.05) is 68.9 Å². The molecule has 5 aliphatic heterocycles. The van der Waals surface area contributed by atoms with Crippen molar-refractivity contribution in [3.63, 3.8) is 0 Å². The summed E-state index contributed by atoms with van der Waals surface area (Å²) in [5.74, 6) is -5.81. The first-order valence-corrected chi connectivity index (χ1v) is 29.0. The zero-order valence-electron chi connectivity index (χ0n) is 48.6. The number of carbonyl (C=O) groups excluding carboxylic acids is 5. The molecule has 1 aromatic rings. The molecule has 5 heterocycles. The van der Waals surface area contributed by atoms with Crippen LogP contribution in [0.25, 0.3) is 0 Å². The Kier molecular flexibility index (Phi) is 22.5. The molecule has 18 heteroatoms. The summed E-state index contributed by atoms with van der Waals surface area (Å²) in [6.07, 6.45) is 13.0. The van der Waals surface area contributed by atoms with Gasteiger partial charge in [-0.2, -0.15) is 0 Å². The number of benzene rings is 1. The number of esters is 1. The second-order valence-corrected chi connectivity index (χ2v) is 23.9. The highest BCUT2D eigenvalue weighted by Crippen LogP contribution is 2.46. The number of amides is 4. The summed E-state index contributed by atoms with van der Waals surface area (Å²) in [5.41, 5.74) is 3.39. The van der Waals surface area contributed by atoms with Crippen LogP contribution in [0.5, 0.6) is 5.75 Å². The van der Waals surface area contributed by atoms with Gasteiger partial charge < -0.3 is 55.3 Å². The van der Waals surface area contributed by atoms with E-state index in [-0.39, 0.29) is 60.6 Å². The highest BCUT2D eigenvalue weighted by atomic mass is 16.7. The fourth-order valence-corrected chi connectivity index (χ4v) is 12.1. The summed E-state index contributed by atoms with van der Waals surface area (Å²) < 4.78 is 25.2. The number of nitrogens with zero attached hydrogens (tertiary/aromatic N) is 1. The van der Waals surface area contributed by atoms with E-state index in [1.807, 2.05) is 58.9 Å². The van der Waals surface area contributed by atoms with Crippen LogP contribution in [0.1, 0.15) is 139 Å². The monoisotopic (exact) mass is 1100 g/mol. The first kappa shape index (κ1) is 63.2. The Hall–Kier alpha value is -4.95. The number of hydrogen-bond donors (Lipinski definition) is 8. The number of rotatable bonds is 13. The summed E-state index contributed by atoms with van der Waals surface area (Å²) in [6, 6.07) is 3.25. The van der Waals surface area contributed by atoms with E-state index in [2.05, 4.69) is 28.3 Å². The quantitative estimate of drug-likeness (QED) is 0.0807. The third-order valence-corrected chi connectivity index (χ3v) is 17.8. The van der Waals surface area contributed by atoms with Crippen molar-refractivity contribution in [3.05, 3.63) is 77.9 Å². The van der Waals surface area contributed by atoms with Crippen LogP contribution in [-0.4, -0.2) is 135 Å². The molecule has 1 aromatic carbocycles. The van der Waals surface area contributed by atoms with Gasteiger partial charge in [-0.1, -0.05) is 110 Å². The number of methoxy groups -OCH3 is 1. The normalized spacial score (nSPS) is 37.4. The molecule has 18 atom stereocenters. The average Bonchev–Trinajstić information content (AvgIpc) is 3.55. The Labute approximate surface area is 468 Å². The molecule has 18 nitrogen and oxygen atoms in total. The molecule has 6 rings (SSSR count). The number of cyclic esters (lactones) is 1. The number of ether oxygens (including phenoxy) is 4. The molecule has 2 bridgehead atoms. The summed E-state index contributed by atoms with van der Waals surface area (Å²) in [7, 11) is 1.53. The maximum Gasteiger partial charge on any atom is 0.325 e. The Balaban J connectivity index is 1.20. The van der Waals surface area contributed by atoms with Crippen molar-refractivity contribution in [1.82, 2.24) is 26.4 Å². The van der Waals surface area contributed by atoms with Gasteiger partial charge in [0.2, 0.25) is 17.7 Å². The number of phenolic OH excluding ortho intramolecular Hbond substituents is 1. The Morgan fingerprint density at radius 3 is 2.42 bits per heavy atom. The number of fused-ring (bicyclic) bond motifs is 3. The molecule has 440 valence electrons. The van der Waals surface area contributed by atoms with Crippen LogP contribution in [-0.2, 0) is 49.3 Å². The van der Waals surface area contributed by atoms with Gasteiger partial charge in [-0.3, -0.25) is 29.0 Å². The van der Waals surface area contributed by atoms with E-state index >= 15 is 0 Å². The van der Waals surface area contributed by atoms with Crippen LogP contribution in [0.2, 0.25) is 0 Å². The molecule has 5 aliphatic rings. The van der Waals surface area contributed by atoms with Crippen molar-refractivity contribution in [1.29, 1.82) is 0 Å². The minimum absolute atomic E-state index is 0.00586. The number of nitrogens with one attached hydrogen (secondary N) is 4. The highest BCUT2D eigenvalue weighted by Gasteiger charge is 2.57. The highest BCUT2D eigenvalue weighted by molar-refractivity contribution is 5.93. The number of aromatic hydroxyl groups is 1. The number of carbonyl (C=O) groups is 5. The largest absolute Gasteiger partial charge is 0.508 e. The van der Waals surface area contributed by atoms with Gasteiger partial charge in [0.1, 0.15) is 35.7 Å². The van der Waals surface area contributed by atoms with Crippen LogP contribution in [0, 0.1) is 47.3 Å². The van der Waals surface area contributed by atoms with Crippen LogP contribution < -0.4 is 21.4 Å². The molecule has 0 aliphatic carbocycles. The smallest absolute Gasteiger partial charge is 0.325 e. The number of allylic oxidation sites excluding steroid dienone is 5. The van der Waals surface area contributed by atoms with Gasteiger partial charge in [-0.05, 0) is 93.9 Å². The molecule has 0 aromatic heterocycles. The van der Waals surface area contributed by atoms with Crippen LogP contribution in [0.4, 0.5) is 0 Å². The van der Waals surface area contributed by atoms with Gasteiger partial charge in [0.15, 0.2) is 5.79 Å². The predicted molar refractivity (Wildman–Crippen MR) is 299 cm³/mol. The number of phenols is 1. The molecule has 0 radical (unpaired) electrons. The van der Waals surface area contributed by atoms with Crippen molar-refractivity contribution >= 4 is 29.6 Å². The average molecular weight is 1100 g/mol. The number of hydrogen-bond acceptors (Lipinski definition) is 14. The third-order valence-electron chi connectivity index (χ3n) is 17.8. The van der Waals surface area contributed by atoms with E-state index < -0.39 is 108 Å². The Morgan fingerprint density at radius 1 is 0.975 bits per heavy atom. The molecular formula is C61H93N5O13. The standard InChI is InChI=1S/C61H93N5O13/c1-12-43-31-38(6)61(64-55(43)71)41(9)53(70)40(8)51(78-61)34-49(69)36(4)21-15-13-16-22-37(5)50-27-18-14-17-26-48(68)39(7)54-45(28-29-60(10,76-11)79-54)56(72)63-52(35(2)3)57(73)62-47(33-42-23-19-24-44(67)32-42)58(74)66-30-20-25-46(65-66)59(75)77-50/h13-14,16-19,22-24,26,32,35-36,38-41,43,45-54,65,67-70H,12,15,20-21,25,27-31,33-34H2,1-11H3,(H,62,73)(H,63,72)(H,64,71)/b16-13+,18-14-,26-17-,37-22+/t36-,38-,39-,40-,41-,43-,45+,46+,47-,48-,49-,50-,51-,52-,53-,54+,60-,61+/m0/s1. The van der Waals surface area contributed by atoms with E-state index in [1.165, 1.54) is 24.3 Å². The van der Waals surface area contributed by atoms with Crippen LogP contribution in [0.3, 0.4) is 0 Å². The number of hydrazine groups is 1. The second kappa shape index (κ2) is 28.2. The summed E-state index contributed by atoms with van der Waals surface area (Å²) >= 11 is 0. The molecule has 8 N–H and O–H groups in total. The van der Waals surface area contributed by atoms with Gasteiger partial charge >= 0.3 is 5.97 Å². The summed E-state index contributed by atoms with van der Waals surface area (Å²) in [4.78, 5) is 70.6. The maximum atomic E-state index is 14.6. The Morgan fingerprint density at radius 2 is 1.72 bits per heavy atom. The van der Waals surface area contributed by atoms with Gasteiger partial charge in [0.05, 0.1) is 36.4 Å². The zero-order valence-corrected chi connectivity index (χ0v) is 48.6. The van der Waals surface area contributed by atoms with Crippen LogP contribution >= 0.6 is 0 Å². The lowest BCUT2D eigenvalue weighted by Gasteiger charge is -2.56. The van der Waals surface area contributed by atoms with Crippen molar-refractivity contribution in [2.24, 2.45) is 47.3 Å². The maximum absolute atomic E-state index is 14.6. The topological polar surface area (TPSA) is 255 Å². The first-order valence-electron chi connectivity index (χ1n) is 29.0. The van der Waals surface area contributed by atoms with Gasteiger partial charge in [-0.25, -0.2) is 5.43 Å². The lowest BCUT2D eigenvalue weighted by atomic mass is 9.69. The molecule has 4 fully saturated rings. The molecule has 4 amide bonds. The van der Waals surface area contributed by atoms with E-state index in [0.717, 1.165) is 12.0 Å². The fourth-order valence-electron chi connectivity index (χ4n) is 12.1. The van der Waals surface area contributed by atoms with E-state index in [1.54, 1.807) is 58.1 Å². The molecular weight excluding hydrogens is 1010 g/mol. The van der Waals surface area contributed by atoms with Gasteiger partial charge in [-0.15, -0.1) is 0 Å². The summed E-state index contributed by atoms with van der Waals surface area (Å²) in [6.45, 7) is 19.2. The fraction of sp³-hybridized carbons (Fsp3) is 0.689. The zero-order chi connectivity index (χ0) is 57.9. The molecule has 4 saturated heterocycles. The van der Waals surface area contributed by atoms with E-state index in [4.69, 9.17) is 18.9 Å². The molecule has 79 heavy (non-hydrogen) atoms. The molecule has 1 spiro atoms. The van der Waals surface area contributed by atoms with Crippen molar-refractivity contribution < 1.29 is 63.3 Å². The first-order chi connectivity index (χ1) is 37.4. The number of piperidine rings is 1. The lowest BCUT2D eigenvalue weighted by Crippen LogP contribution is -2.71. The van der Waals surface area contributed by atoms with Crippen LogP contribution in [0.15, 0.2) is 72.4 Å². The summed E-state index contributed by atoms with van der Waals surface area (Å²) in [5, 5.41) is 55.2. The minimum Gasteiger partial charge on any atom is -0.508 e. The van der Waals surface area contributed by atoms with Gasteiger partial charge in [0.25, 0.3) is 5.91 Å². The molecule has 0 saturated carbocycles. The van der Waals surface area contributed by atoms with Crippen molar-refractivity contribution in [2.75, 3.05) is 13.7 Å². The predicted octanol–water partition coefficient (Wildman–Crippen LogP) is 6.22. The van der Waals surface area contributed by atoms with Crippen molar-refractivity contribution in [3.8, 4) is 5.75 Å². The third kappa shape index (κ3) is 15.7. The second-order valence-electron chi connectivity index (χ2n) is 23.9. The molecule has 0 unspecified atom stereocenters. The number of aliphatic hydroxyl groups excluding tert-OH is 3. The van der Waals surface area contributed by atoms with E-state index in [9.17, 15) is 44.4 Å². The SMILES string of the molecule is CC[C@H]1C[C@H](C)[C@@]2(NC1=O)O[C@@H](C[C@H](O)[C@@H](C)CC/C=C/C=C(\C)[C@@H]1C/C=C\C=C/[C@H](O)[C@H](C)[C@H]3O[C@](C)(OC)CC[C@H]3C(=O)N[C@@H](C(C)C)C(=O)N[C@@H](Cc3cccc(O)c3)C(=O)N3CCC[C@@H](N3)C(=O)O1)[C@H](C)[C@H](O)[C@@H]2C. The van der Waals surface area contributed by atoms with Crippen molar-refractivity contribution in [2.45, 2.75) is 206 Å². The van der Waals surface area contributed by atoms with E-state index in [0.29, 0.717) is 56.9 Å². The Bertz CT molecular complexity index is 2380.